The summed E-state index contributed by atoms with van der Waals surface area (Å²) in [7, 11) is 3.01. The van der Waals surface area contributed by atoms with Gasteiger partial charge in [-0.2, -0.15) is 0 Å². The number of carbonyl (C=O) groups excluding carboxylic acids is 1. The van der Waals surface area contributed by atoms with Gasteiger partial charge in [-0.3, -0.25) is 14.5 Å². The number of hydrogen-bond acceptors (Lipinski definition) is 4. The number of amides is 1. The normalized spacial score (nSPS) is 20.8. The predicted molar refractivity (Wildman–Crippen MR) is 69.9 cm³/mol. The highest BCUT2D eigenvalue weighted by atomic mass is 16.7. The van der Waals surface area contributed by atoms with Gasteiger partial charge in [-0.1, -0.05) is 0 Å². The van der Waals surface area contributed by atoms with Crippen molar-refractivity contribution in [2.75, 3.05) is 27.2 Å². The number of rotatable bonds is 3. The van der Waals surface area contributed by atoms with E-state index in [1.165, 1.54) is 12.2 Å². The molecule has 18 heavy (non-hydrogen) atoms. The van der Waals surface area contributed by atoms with Crippen LogP contribution in [0.25, 0.3) is 0 Å². The Hall–Kier alpha value is -0.650. The van der Waals surface area contributed by atoms with Crippen LogP contribution in [0.1, 0.15) is 40.0 Å². The summed E-state index contributed by atoms with van der Waals surface area (Å²) in [5, 5.41) is 11.6. The summed E-state index contributed by atoms with van der Waals surface area (Å²) in [6, 6.07) is 0. The summed E-state index contributed by atoms with van der Waals surface area (Å²) >= 11 is 0. The van der Waals surface area contributed by atoms with Crippen molar-refractivity contribution >= 4 is 5.91 Å². The minimum atomic E-state index is -0.883. The molecule has 1 aliphatic heterocycles. The first-order chi connectivity index (χ1) is 8.18. The quantitative estimate of drug-likeness (QED) is 0.768. The first kappa shape index (κ1) is 15.4. The fourth-order valence-electron chi connectivity index (χ4n) is 2.27. The van der Waals surface area contributed by atoms with Gasteiger partial charge in [-0.05, 0) is 33.6 Å². The fraction of sp³-hybridized carbons (Fsp3) is 0.923. The van der Waals surface area contributed by atoms with Gasteiger partial charge >= 0.3 is 0 Å². The molecule has 1 fully saturated rings. The van der Waals surface area contributed by atoms with Crippen molar-refractivity contribution in [1.82, 2.24) is 9.96 Å². The lowest BCUT2D eigenvalue weighted by atomic mass is 9.86. The number of aliphatic hydroxyl groups is 1. The van der Waals surface area contributed by atoms with Gasteiger partial charge in [0.15, 0.2) is 0 Å². The Balaban J connectivity index is 2.52. The minimum absolute atomic E-state index is 0.120. The van der Waals surface area contributed by atoms with E-state index in [2.05, 4.69) is 25.7 Å². The van der Waals surface area contributed by atoms with Gasteiger partial charge in [0.2, 0.25) is 5.91 Å². The van der Waals surface area contributed by atoms with Crippen LogP contribution in [0, 0.1) is 0 Å². The molecule has 1 rings (SSSR count). The Morgan fingerprint density at radius 3 is 2.28 bits per heavy atom. The summed E-state index contributed by atoms with van der Waals surface area (Å²) in [4.78, 5) is 18.9. The van der Waals surface area contributed by atoms with Gasteiger partial charge in [0.1, 0.15) is 0 Å². The molecule has 0 unspecified atom stereocenters. The van der Waals surface area contributed by atoms with Crippen LogP contribution < -0.4 is 0 Å². The van der Waals surface area contributed by atoms with Crippen LogP contribution in [-0.2, 0) is 9.63 Å². The monoisotopic (exact) mass is 258 g/mol. The van der Waals surface area contributed by atoms with Crippen LogP contribution in [0.3, 0.4) is 0 Å². The first-order valence-corrected chi connectivity index (χ1v) is 6.46. The Morgan fingerprint density at radius 2 is 1.89 bits per heavy atom. The topological polar surface area (TPSA) is 53.0 Å². The molecule has 0 atom stereocenters. The highest BCUT2D eigenvalue weighted by molar-refractivity contribution is 5.75. The molecule has 0 aromatic carbocycles. The van der Waals surface area contributed by atoms with Crippen molar-refractivity contribution in [3.05, 3.63) is 0 Å². The molecular formula is C13H26N2O3. The Kier molecular flexibility index (Phi) is 4.75. The van der Waals surface area contributed by atoms with Crippen molar-refractivity contribution in [1.29, 1.82) is 0 Å². The van der Waals surface area contributed by atoms with E-state index in [-0.39, 0.29) is 17.9 Å². The van der Waals surface area contributed by atoms with Crippen LogP contribution in [0.5, 0.6) is 0 Å². The summed E-state index contributed by atoms with van der Waals surface area (Å²) in [5.41, 5.74) is -0.764. The zero-order chi connectivity index (χ0) is 14.0. The average Bonchev–Trinajstić information content (AvgIpc) is 2.26. The highest BCUT2D eigenvalue weighted by Gasteiger charge is 2.37. The van der Waals surface area contributed by atoms with E-state index in [1.54, 1.807) is 7.05 Å². The lowest BCUT2D eigenvalue weighted by molar-refractivity contribution is -0.175. The maximum Gasteiger partial charge on any atom is 0.248 e. The molecule has 0 aromatic rings. The second-order valence-electron chi connectivity index (χ2n) is 6.13. The highest BCUT2D eigenvalue weighted by Crippen LogP contribution is 2.29. The largest absolute Gasteiger partial charge is 0.389 e. The molecule has 0 bridgehead atoms. The Labute approximate surface area is 110 Å². The maximum atomic E-state index is 11.8. The molecule has 5 nitrogen and oxygen atoms in total. The molecular weight excluding hydrogens is 232 g/mol. The molecule has 1 saturated heterocycles. The third kappa shape index (κ3) is 3.93. The summed E-state index contributed by atoms with van der Waals surface area (Å²) < 4.78 is 0. The van der Waals surface area contributed by atoms with E-state index >= 15 is 0 Å². The lowest BCUT2D eigenvalue weighted by Gasteiger charge is -2.44. The Bertz CT molecular complexity index is 291. The van der Waals surface area contributed by atoms with Crippen LogP contribution in [0.2, 0.25) is 0 Å². The van der Waals surface area contributed by atoms with Crippen molar-refractivity contribution in [2.24, 2.45) is 0 Å². The first-order valence-electron chi connectivity index (χ1n) is 6.46. The minimum Gasteiger partial charge on any atom is -0.389 e. The summed E-state index contributed by atoms with van der Waals surface area (Å²) in [5.74, 6) is -0.177. The molecule has 0 spiro atoms. The molecule has 1 amide bonds. The smallest absolute Gasteiger partial charge is 0.248 e. The predicted octanol–water partition coefficient (Wildman–Crippen LogP) is 1.02. The third-order valence-corrected chi connectivity index (χ3v) is 3.75. The SMILES string of the molecule is CON(C)C(=O)CC1(O)CCN(C(C)(C)C)CC1. The van der Waals surface area contributed by atoms with Gasteiger partial charge in [0, 0.05) is 25.7 Å². The molecule has 1 N–H and O–H groups in total. The molecule has 1 heterocycles. The number of carbonyl (C=O) groups is 1. The fourth-order valence-corrected chi connectivity index (χ4v) is 2.27. The lowest BCUT2D eigenvalue weighted by Crippen LogP contribution is -2.52. The van der Waals surface area contributed by atoms with Gasteiger partial charge in [-0.25, -0.2) is 5.06 Å². The van der Waals surface area contributed by atoms with Gasteiger partial charge in [0.25, 0.3) is 0 Å². The molecule has 1 aliphatic rings. The molecule has 5 heteroatoms. The molecule has 0 saturated carbocycles. The zero-order valence-electron chi connectivity index (χ0n) is 12.2. The van der Waals surface area contributed by atoms with Gasteiger partial charge < -0.3 is 5.11 Å². The van der Waals surface area contributed by atoms with E-state index in [0.717, 1.165) is 13.1 Å². The maximum absolute atomic E-state index is 11.8. The van der Waals surface area contributed by atoms with Crippen molar-refractivity contribution in [2.45, 2.75) is 51.2 Å². The third-order valence-electron chi connectivity index (χ3n) is 3.75. The Morgan fingerprint density at radius 1 is 1.39 bits per heavy atom. The van der Waals surface area contributed by atoms with Crippen molar-refractivity contribution in [3.8, 4) is 0 Å². The van der Waals surface area contributed by atoms with Crippen LogP contribution in [-0.4, -0.2) is 59.4 Å². The number of nitrogens with zero attached hydrogens (tertiary/aromatic N) is 2. The van der Waals surface area contributed by atoms with Gasteiger partial charge in [0.05, 0.1) is 19.1 Å². The van der Waals surface area contributed by atoms with E-state index < -0.39 is 5.60 Å². The zero-order valence-corrected chi connectivity index (χ0v) is 12.2. The van der Waals surface area contributed by atoms with Crippen LogP contribution in [0.4, 0.5) is 0 Å². The van der Waals surface area contributed by atoms with Crippen molar-refractivity contribution in [3.63, 3.8) is 0 Å². The standard InChI is InChI=1S/C13H26N2O3/c1-12(2,3)15-8-6-13(17,7-9-15)10-11(16)14(4)18-5/h17H,6-10H2,1-5H3. The average molecular weight is 258 g/mol. The molecule has 0 aliphatic carbocycles. The summed E-state index contributed by atoms with van der Waals surface area (Å²) in [6.45, 7) is 8.15. The van der Waals surface area contributed by atoms with E-state index in [9.17, 15) is 9.90 Å². The van der Waals surface area contributed by atoms with E-state index in [4.69, 9.17) is 4.84 Å². The van der Waals surface area contributed by atoms with Crippen molar-refractivity contribution < 1.29 is 14.7 Å². The van der Waals surface area contributed by atoms with Gasteiger partial charge in [-0.15, -0.1) is 0 Å². The second-order valence-corrected chi connectivity index (χ2v) is 6.13. The number of hydroxylamine groups is 2. The summed E-state index contributed by atoms with van der Waals surface area (Å²) in [6.07, 6.45) is 1.40. The second kappa shape index (κ2) is 5.55. The number of hydrogen-bond donors (Lipinski definition) is 1. The van der Waals surface area contributed by atoms with Crippen LogP contribution in [0.15, 0.2) is 0 Å². The number of likely N-dealkylation sites (tertiary alicyclic amines) is 1. The van der Waals surface area contributed by atoms with Crippen LogP contribution >= 0.6 is 0 Å². The number of piperidine rings is 1. The van der Waals surface area contributed by atoms with E-state index in [1.807, 2.05) is 0 Å². The molecule has 0 aromatic heterocycles. The molecule has 106 valence electrons. The van der Waals surface area contributed by atoms with E-state index in [0.29, 0.717) is 12.8 Å². The molecule has 0 radical (unpaired) electrons.